The number of carbonyl (C=O) groups excluding carboxylic acids is 1. The Labute approximate surface area is 146 Å². The summed E-state index contributed by atoms with van der Waals surface area (Å²) < 4.78 is 31.1. The molecule has 6 heteroatoms. The van der Waals surface area contributed by atoms with Gasteiger partial charge in [-0.15, -0.1) is 0 Å². The first-order valence-electron chi connectivity index (χ1n) is 8.94. The Morgan fingerprint density at radius 1 is 1.28 bits per heavy atom. The maximum Gasteiger partial charge on any atom is 0.248 e. The van der Waals surface area contributed by atoms with Gasteiger partial charge in [0.2, 0.25) is 11.8 Å². The monoisotopic (exact) mass is 350 g/mol. The summed E-state index contributed by atoms with van der Waals surface area (Å²) in [4.78, 5) is 14.4. The predicted molar refractivity (Wildman–Crippen MR) is 89.5 cm³/mol. The van der Waals surface area contributed by atoms with Crippen LogP contribution in [0.2, 0.25) is 0 Å². The molecule has 136 valence electrons. The molecule has 4 rings (SSSR count). The molecule has 1 aromatic carbocycles. The van der Waals surface area contributed by atoms with Crippen LogP contribution in [0.4, 0.5) is 8.78 Å². The number of benzene rings is 1. The number of fused-ring (bicyclic) bond motifs is 3. The van der Waals surface area contributed by atoms with Crippen LogP contribution in [0.15, 0.2) is 24.3 Å². The van der Waals surface area contributed by atoms with Gasteiger partial charge in [-0.3, -0.25) is 4.79 Å². The van der Waals surface area contributed by atoms with E-state index in [1.54, 1.807) is 0 Å². The van der Waals surface area contributed by atoms with Gasteiger partial charge in [0.25, 0.3) is 0 Å². The average Bonchev–Trinajstić information content (AvgIpc) is 3.05. The van der Waals surface area contributed by atoms with E-state index in [0.29, 0.717) is 11.8 Å². The van der Waals surface area contributed by atoms with Gasteiger partial charge >= 0.3 is 0 Å². The lowest BCUT2D eigenvalue weighted by Crippen LogP contribution is -2.42. The molecule has 0 radical (unpaired) electrons. The third kappa shape index (κ3) is 3.17. The molecule has 4 nitrogen and oxygen atoms in total. The quantitative estimate of drug-likeness (QED) is 0.887. The number of rotatable bonds is 5. The first-order valence-corrected chi connectivity index (χ1v) is 8.94. The van der Waals surface area contributed by atoms with E-state index in [9.17, 15) is 13.6 Å². The Hall–Kier alpha value is -1.53. The third-order valence-electron chi connectivity index (χ3n) is 5.88. The number of amides is 1. The van der Waals surface area contributed by atoms with E-state index >= 15 is 0 Å². The van der Waals surface area contributed by atoms with E-state index in [4.69, 9.17) is 4.74 Å². The second-order valence-corrected chi connectivity index (χ2v) is 7.73. The normalized spacial score (nSPS) is 30.6. The number of nitrogens with zero attached hydrogens (tertiary/aromatic N) is 1. The van der Waals surface area contributed by atoms with Crippen molar-refractivity contribution in [2.24, 2.45) is 11.8 Å². The zero-order valence-corrected chi connectivity index (χ0v) is 14.4. The zero-order valence-electron chi connectivity index (χ0n) is 14.4. The summed E-state index contributed by atoms with van der Waals surface area (Å²) >= 11 is 0. The van der Waals surface area contributed by atoms with Gasteiger partial charge < -0.3 is 15.0 Å². The summed E-state index contributed by atoms with van der Waals surface area (Å²) in [5.74, 6) is -1.79. The molecular weight excluding hydrogens is 326 g/mol. The fourth-order valence-electron chi connectivity index (χ4n) is 4.90. The highest BCUT2D eigenvalue weighted by molar-refractivity contribution is 5.78. The van der Waals surface area contributed by atoms with Crippen molar-refractivity contribution in [1.82, 2.24) is 10.2 Å². The summed E-state index contributed by atoms with van der Waals surface area (Å²) in [5.41, 5.74) is 2.48. The lowest BCUT2D eigenvalue weighted by atomic mass is 9.81. The molecule has 1 aliphatic heterocycles. The van der Waals surface area contributed by atoms with Crippen molar-refractivity contribution in [1.29, 1.82) is 0 Å². The molecule has 1 aromatic rings. The number of alkyl halides is 2. The van der Waals surface area contributed by atoms with Crippen LogP contribution in [-0.4, -0.2) is 50.1 Å². The van der Waals surface area contributed by atoms with Gasteiger partial charge in [-0.1, -0.05) is 24.3 Å². The van der Waals surface area contributed by atoms with Crippen LogP contribution in [0, 0.1) is 11.8 Å². The average molecular weight is 350 g/mol. The van der Waals surface area contributed by atoms with Crippen molar-refractivity contribution in [2.75, 3.05) is 33.4 Å². The van der Waals surface area contributed by atoms with Crippen molar-refractivity contribution in [3.05, 3.63) is 35.4 Å². The van der Waals surface area contributed by atoms with Crippen molar-refractivity contribution in [3.8, 4) is 0 Å². The Kier molecular flexibility index (Phi) is 4.28. The smallest absolute Gasteiger partial charge is 0.248 e. The zero-order chi connectivity index (χ0) is 17.6. The van der Waals surface area contributed by atoms with E-state index in [2.05, 4.69) is 22.3 Å². The SMILES string of the molecule is COCC(=O)N[C@@H]1c2ccccc2[C@@H]2CN(CC3CC(F)(F)C3)C[C@H]12. The molecule has 1 saturated carbocycles. The van der Waals surface area contributed by atoms with Crippen LogP contribution in [-0.2, 0) is 9.53 Å². The van der Waals surface area contributed by atoms with Crippen LogP contribution >= 0.6 is 0 Å². The Morgan fingerprint density at radius 3 is 2.68 bits per heavy atom. The van der Waals surface area contributed by atoms with Crippen LogP contribution in [0.25, 0.3) is 0 Å². The number of nitrogens with one attached hydrogen (secondary N) is 1. The van der Waals surface area contributed by atoms with Crippen molar-refractivity contribution in [3.63, 3.8) is 0 Å². The molecule has 1 saturated heterocycles. The fourth-order valence-corrected chi connectivity index (χ4v) is 4.90. The second-order valence-electron chi connectivity index (χ2n) is 7.73. The molecule has 1 N–H and O–H groups in total. The standard InChI is InChI=1S/C19H24F2N2O2/c1-25-11-17(24)22-18-14-5-3-2-4-13(14)15-9-23(10-16(15)18)8-12-6-19(20,21)7-12/h2-5,12,15-16,18H,6-11H2,1H3,(H,22,24)/t15-,16-,18+/m0/s1. The highest BCUT2D eigenvalue weighted by Crippen LogP contribution is 2.50. The number of ether oxygens (including phenoxy) is 1. The van der Waals surface area contributed by atoms with E-state index in [0.717, 1.165) is 19.6 Å². The molecule has 0 aromatic heterocycles. The molecule has 0 bridgehead atoms. The van der Waals surface area contributed by atoms with Gasteiger partial charge in [-0.25, -0.2) is 8.78 Å². The van der Waals surface area contributed by atoms with E-state index in [-0.39, 0.29) is 37.3 Å². The fraction of sp³-hybridized carbons (Fsp3) is 0.632. The highest BCUT2D eigenvalue weighted by Gasteiger charge is 2.50. The molecule has 2 aliphatic carbocycles. The molecule has 1 heterocycles. The highest BCUT2D eigenvalue weighted by atomic mass is 19.3. The van der Waals surface area contributed by atoms with Gasteiger partial charge in [0.1, 0.15) is 6.61 Å². The predicted octanol–water partition coefficient (Wildman–Crippen LogP) is 2.56. The lowest BCUT2D eigenvalue weighted by molar-refractivity contribution is -0.126. The lowest BCUT2D eigenvalue weighted by Gasteiger charge is -2.37. The number of hydrogen-bond acceptors (Lipinski definition) is 3. The van der Waals surface area contributed by atoms with Crippen LogP contribution in [0.1, 0.15) is 35.9 Å². The van der Waals surface area contributed by atoms with Crippen LogP contribution in [0.3, 0.4) is 0 Å². The second kappa shape index (κ2) is 6.32. The largest absolute Gasteiger partial charge is 0.375 e. The van der Waals surface area contributed by atoms with E-state index in [1.807, 2.05) is 12.1 Å². The molecule has 2 fully saturated rings. The van der Waals surface area contributed by atoms with Gasteiger partial charge in [0, 0.05) is 51.4 Å². The number of hydrogen-bond donors (Lipinski definition) is 1. The van der Waals surface area contributed by atoms with Gasteiger partial charge in [-0.2, -0.15) is 0 Å². The van der Waals surface area contributed by atoms with Gasteiger partial charge in [0.15, 0.2) is 0 Å². The molecular formula is C19H24F2N2O2. The van der Waals surface area contributed by atoms with Crippen LogP contribution < -0.4 is 5.32 Å². The van der Waals surface area contributed by atoms with Gasteiger partial charge in [-0.05, 0) is 17.0 Å². The Balaban J connectivity index is 1.47. The molecule has 1 amide bonds. The van der Waals surface area contributed by atoms with E-state index in [1.165, 1.54) is 18.2 Å². The van der Waals surface area contributed by atoms with Gasteiger partial charge in [0.05, 0.1) is 6.04 Å². The molecule has 3 aliphatic rings. The Morgan fingerprint density at radius 2 is 2.00 bits per heavy atom. The van der Waals surface area contributed by atoms with Crippen molar-refractivity contribution < 1.29 is 18.3 Å². The number of halogens is 2. The summed E-state index contributed by atoms with van der Waals surface area (Å²) in [6.45, 7) is 2.53. The summed E-state index contributed by atoms with van der Waals surface area (Å²) in [6, 6.07) is 8.24. The van der Waals surface area contributed by atoms with Crippen molar-refractivity contribution >= 4 is 5.91 Å². The van der Waals surface area contributed by atoms with Crippen molar-refractivity contribution in [2.45, 2.75) is 30.7 Å². The minimum atomic E-state index is -2.45. The minimum absolute atomic E-state index is 0.0170. The van der Waals surface area contributed by atoms with E-state index < -0.39 is 5.92 Å². The summed E-state index contributed by atoms with van der Waals surface area (Å²) in [7, 11) is 1.51. The first-order chi connectivity index (χ1) is 12.0. The molecule has 0 unspecified atom stereocenters. The number of methoxy groups -OCH3 is 1. The molecule has 0 spiro atoms. The summed E-state index contributed by atoms with van der Waals surface area (Å²) in [5, 5.41) is 3.11. The number of carbonyl (C=O) groups is 1. The Bertz CT molecular complexity index is 659. The first kappa shape index (κ1) is 16.9. The molecule has 3 atom stereocenters. The summed E-state index contributed by atoms with van der Waals surface area (Å²) in [6.07, 6.45) is 0.0346. The minimum Gasteiger partial charge on any atom is -0.375 e. The molecule has 25 heavy (non-hydrogen) atoms. The topological polar surface area (TPSA) is 41.6 Å². The third-order valence-corrected chi connectivity index (χ3v) is 5.88. The maximum atomic E-state index is 13.1. The maximum absolute atomic E-state index is 13.1. The van der Waals surface area contributed by atoms with Crippen LogP contribution in [0.5, 0.6) is 0 Å². The number of likely N-dealkylation sites (tertiary alicyclic amines) is 1.